The number of hydrogen-bond donors (Lipinski definition) is 0. The second-order valence-electron chi connectivity index (χ2n) is 1.47. The predicted molar refractivity (Wildman–Crippen MR) is 27.5 cm³/mol. The van der Waals surface area contributed by atoms with Gasteiger partial charge in [-0.2, -0.15) is 30.5 Å². The van der Waals surface area contributed by atoms with E-state index in [1.54, 1.807) is 0 Å². The first-order chi connectivity index (χ1) is 4.50. The van der Waals surface area contributed by atoms with Gasteiger partial charge in [0.05, 0.1) is 0 Å². The Balaban J connectivity index is 4.92. The maximum Gasteiger partial charge on any atom is 0.451 e. The fraction of sp³-hybridized carbons (Fsp3) is 1.00. The predicted octanol–water partition coefficient (Wildman–Crippen LogP) is 3.39. The van der Waals surface area contributed by atoms with E-state index in [2.05, 4.69) is 11.8 Å². The van der Waals surface area contributed by atoms with E-state index in [0.29, 0.717) is 0 Å². The van der Waals surface area contributed by atoms with E-state index < -0.39 is 18.2 Å². The van der Waals surface area contributed by atoms with Crippen LogP contribution in [-0.2, 0) is 11.8 Å². The molecule has 0 bridgehead atoms. The molecule has 0 nitrogen and oxygen atoms in total. The molecule has 0 spiro atoms. The van der Waals surface area contributed by atoms with Crippen LogP contribution in [0.4, 0.5) is 30.5 Å². The van der Waals surface area contributed by atoms with Gasteiger partial charge < -0.3 is 0 Å². The fourth-order valence-corrected chi connectivity index (χ4v) is 0.431. The molecule has 0 aliphatic rings. The third-order valence-electron chi connectivity index (χ3n) is 0.652. The number of halogens is 7. The molecule has 0 unspecified atom stereocenters. The first-order valence-corrected chi connectivity index (χ1v) is 4.63. The van der Waals surface area contributed by atoms with Crippen LogP contribution in [0.5, 0.6) is 0 Å². The highest BCUT2D eigenvalue weighted by Crippen LogP contribution is 2.72. The Kier molecular flexibility index (Phi) is 2.62. The van der Waals surface area contributed by atoms with E-state index in [4.69, 9.17) is 0 Å². The lowest BCUT2D eigenvalue weighted by molar-refractivity contribution is -0.0911. The van der Waals surface area contributed by atoms with Gasteiger partial charge in [0.2, 0.25) is 0 Å². The number of rotatable bonds is 0. The molecular formula is C2F7PS. The van der Waals surface area contributed by atoms with Crippen molar-refractivity contribution in [2.45, 2.75) is 11.8 Å². The van der Waals surface area contributed by atoms with Crippen molar-refractivity contribution in [3.63, 3.8) is 0 Å². The summed E-state index contributed by atoms with van der Waals surface area (Å²) in [5, 5.41) is 0. The summed E-state index contributed by atoms with van der Waals surface area (Å²) in [5.41, 5.74) is 0. The zero-order valence-corrected chi connectivity index (χ0v) is 6.21. The zero-order valence-electron chi connectivity index (χ0n) is 4.50. The van der Waals surface area contributed by atoms with E-state index in [0.717, 1.165) is 0 Å². The van der Waals surface area contributed by atoms with Crippen LogP contribution in [0.2, 0.25) is 0 Å². The third kappa shape index (κ3) is 2.05. The largest absolute Gasteiger partial charge is 0.451 e. The van der Waals surface area contributed by atoms with Crippen molar-refractivity contribution in [3.8, 4) is 0 Å². The van der Waals surface area contributed by atoms with Crippen molar-refractivity contribution in [1.82, 2.24) is 0 Å². The van der Waals surface area contributed by atoms with E-state index in [9.17, 15) is 30.5 Å². The molecule has 0 aliphatic carbocycles. The SMILES string of the molecule is FC(F)(F)P(F)(=S)C(F)(F)F. The van der Waals surface area contributed by atoms with Crippen LogP contribution in [0.3, 0.4) is 0 Å². The summed E-state index contributed by atoms with van der Waals surface area (Å²) in [7, 11) is 0. The Labute approximate surface area is 61.5 Å². The van der Waals surface area contributed by atoms with Gasteiger partial charge in [0.1, 0.15) is 0 Å². The highest BCUT2D eigenvalue weighted by atomic mass is 32.5. The van der Waals surface area contributed by atoms with Crippen LogP contribution < -0.4 is 0 Å². The third-order valence-corrected chi connectivity index (χ3v) is 3.20. The molecule has 11 heavy (non-hydrogen) atoms. The first-order valence-electron chi connectivity index (χ1n) is 1.93. The minimum atomic E-state index is -6.73. The van der Waals surface area contributed by atoms with E-state index in [-0.39, 0.29) is 0 Å². The van der Waals surface area contributed by atoms with E-state index in [1.807, 2.05) is 0 Å². The molecule has 0 aliphatic heterocycles. The van der Waals surface area contributed by atoms with Gasteiger partial charge >= 0.3 is 18.2 Å². The molecule has 0 aromatic rings. The van der Waals surface area contributed by atoms with Crippen LogP contribution in [0.25, 0.3) is 0 Å². The normalized spacial score (nSPS) is 15.2. The van der Waals surface area contributed by atoms with Crippen LogP contribution in [0, 0.1) is 0 Å². The molecule has 0 heterocycles. The van der Waals surface area contributed by atoms with Gasteiger partial charge in [0, 0.05) is 0 Å². The molecule has 0 atom stereocenters. The van der Waals surface area contributed by atoms with Gasteiger partial charge in [-0.15, -0.1) is 0 Å². The summed E-state index contributed by atoms with van der Waals surface area (Å²) in [5.74, 6) is -12.0. The lowest BCUT2D eigenvalue weighted by atomic mass is 11.5. The molecule has 0 amide bonds. The first kappa shape index (κ1) is 11.2. The smallest absolute Gasteiger partial charge is 0.198 e. The van der Waals surface area contributed by atoms with Crippen LogP contribution >= 0.6 is 6.35 Å². The van der Waals surface area contributed by atoms with Crippen molar-refractivity contribution in [1.29, 1.82) is 0 Å². The van der Waals surface area contributed by atoms with E-state index in [1.165, 1.54) is 0 Å². The summed E-state index contributed by atoms with van der Waals surface area (Å²) in [4.78, 5) is 0. The minimum absolute atomic E-state index is 2.81. The Hall–Kier alpha value is 0.160. The summed E-state index contributed by atoms with van der Waals surface area (Å²) < 4.78 is 78.9. The van der Waals surface area contributed by atoms with Gasteiger partial charge in [-0.1, -0.05) is 0 Å². The van der Waals surface area contributed by atoms with Gasteiger partial charge in [0.25, 0.3) is 0 Å². The second kappa shape index (κ2) is 2.58. The summed E-state index contributed by atoms with van der Waals surface area (Å²) in [6.45, 7) is 0. The van der Waals surface area contributed by atoms with Crippen molar-refractivity contribution in [2.75, 3.05) is 0 Å². The number of hydrogen-bond acceptors (Lipinski definition) is 1. The molecule has 0 saturated carbocycles. The second-order valence-corrected chi connectivity index (χ2v) is 5.06. The molecule has 0 aromatic heterocycles. The van der Waals surface area contributed by atoms with Gasteiger partial charge in [-0.05, 0) is 11.8 Å². The molecule has 0 N–H and O–H groups in total. The lowest BCUT2D eigenvalue weighted by Crippen LogP contribution is -2.18. The molecule has 9 heteroatoms. The average molecular weight is 220 g/mol. The van der Waals surface area contributed by atoms with Crippen molar-refractivity contribution in [2.24, 2.45) is 0 Å². The molecule has 0 radical (unpaired) electrons. The highest BCUT2D eigenvalue weighted by Gasteiger charge is 2.65. The molecule has 68 valence electrons. The maximum absolute atomic E-state index is 11.8. The molecule has 0 aromatic carbocycles. The quantitative estimate of drug-likeness (QED) is 0.445. The Morgan fingerprint density at radius 3 is 1.00 bits per heavy atom. The highest BCUT2D eigenvalue weighted by molar-refractivity contribution is 8.13. The molecule has 0 saturated heterocycles. The van der Waals surface area contributed by atoms with Gasteiger partial charge in [-0.25, -0.2) is 0 Å². The monoisotopic (exact) mass is 220 g/mol. The van der Waals surface area contributed by atoms with Gasteiger partial charge in [0.15, 0.2) is 0 Å². The zero-order chi connectivity index (χ0) is 9.50. The topological polar surface area (TPSA) is 0 Å². The average Bonchev–Trinajstić information content (AvgIpc) is 1.58. The fourth-order valence-electron chi connectivity index (χ4n) is 0.144. The Morgan fingerprint density at radius 2 is 1.00 bits per heavy atom. The van der Waals surface area contributed by atoms with Crippen LogP contribution in [0.15, 0.2) is 0 Å². The maximum atomic E-state index is 11.8. The van der Waals surface area contributed by atoms with Crippen molar-refractivity contribution in [3.05, 3.63) is 0 Å². The molecular weight excluding hydrogens is 220 g/mol. The van der Waals surface area contributed by atoms with Gasteiger partial charge in [-0.3, -0.25) is 0 Å². The minimum Gasteiger partial charge on any atom is -0.198 e. The summed E-state index contributed by atoms with van der Waals surface area (Å²) in [6, 6.07) is 0. The summed E-state index contributed by atoms with van der Waals surface area (Å²) in [6.07, 6.45) is -6.73. The lowest BCUT2D eigenvalue weighted by Gasteiger charge is -2.18. The van der Waals surface area contributed by atoms with Crippen LogP contribution in [0.1, 0.15) is 0 Å². The number of alkyl halides is 6. The van der Waals surface area contributed by atoms with Crippen LogP contribution in [-0.4, -0.2) is 11.8 Å². The van der Waals surface area contributed by atoms with Crippen molar-refractivity contribution >= 4 is 18.2 Å². The molecule has 0 fully saturated rings. The Morgan fingerprint density at radius 1 is 0.818 bits per heavy atom. The standard InChI is InChI=1S/C2F7PS/c3-1(4,5)10(9,11)2(6,7)8. The Bertz CT molecular complexity index is 170. The van der Waals surface area contributed by atoms with Crippen molar-refractivity contribution < 1.29 is 30.5 Å². The van der Waals surface area contributed by atoms with E-state index >= 15 is 0 Å². The summed E-state index contributed by atoms with van der Waals surface area (Å²) >= 11 is 2.81. The molecule has 0 rings (SSSR count).